The Hall–Kier alpha value is -4.23. The first-order valence-corrected chi connectivity index (χ1v) is 14.2. The quantitative estimate of drug-likeness (QED) is 0.153. The molecule has 0 bridgehead atoms. The van der Waals surface area contributed by atoms with E-state index in [2.05, 4.69) is 152 Å². The smallest absolute Gasteiger partial charge is 0.169 e. The molecule has 1 aliphatic carbocycles. The van der Waals surface area contributed by atoms with Gasteiger partial charge in [0.15, 0.2) is 12.4 Å². The molecule has 1 aromatic heterocycles. The van der Waals surface area contributed by atoms with E-state index in [1.807, 2.05) is 7.05 Å². The third kappa shape index (κ3) is 4.53. The number of aromatic nitrogens is 1. The van der Waals surface area contributed by atoms with Crippen molar-refractivity contribution in [3.63, 3.8) is 0 Å². The second-order valence-electron chi connectivity index (χ2n) is 10.8. The monoisotopic (exact) mass is 506 g/mol. The van der Waals surface area contributed by atoms with Crippen molar-refractivity contribution in [3.05, 3.63) is 161 Å². The van der Waals surface area contributed by atoms with Crippen molar-refractivity contribution in [2.24, 2.45) is 7.05 Å². The molecule has 0 saturated heterocycles. The molecule has 6 rings (SSSR count). The highest BCUT2D eigenvalue weighted by Crippen LogP contribution is 2.54. The van der Waals surface area contributed by atoms with Gasteiger partial charge in [-0.25, -0.2) is 4.57 Å². The SMILES string of the molecule is CCC1(CC)c2cc(C=Cc3cc[n+](C)cc3)ccc2-c2ccc(C(c3ccccc3)c3ccccc3)cc21. The summed E-state index contributed by atoms with van der Waals surface area (Å²) < 4.78 is 2.06. The Morgan fingerprint density at radius 2 is 1.13 bits per heavy atom. The maximum absolute atomic E-state index is 2.52. The van der Waals surface area contributed by atoms with Crippen molar-refractivity contribution >= 4 is 12.2 Å². The van der Waals surface area contributed by atoms with Crippen molar-refractivity contribution in [1.29, 1.82) is 0 Å². The van der Waals surface area contributed by atoms with Gasteiger partial charge in [-0.15, -0.1) is 0 Å². The second-order valence-corrected chi connectivity index (χ2v) is 10.8. The van der Waals surface area contributed by atoms with E-state index >= 15 is 0 Å². The highest BCUT2D eigenvalue weighted by Gasteiger charge is 2.41. The maximum atomic E-state index is 2.52. The van der Waals surface area contributed by atoms with E-state index in [1.54, 1.807) is 0 Å². The van der Waals surface area contributed by atoms with Crippen LogP contribution in [0.25, 0.3) is 23.3 Å². The third-order valence-corrected chi connectivity index (χ3v) is 8.69. The normalized spacial score (nSPS) is 13.5. The van der Waals surface area contributed by atoms with Gasteiger partial charge in [-0.2, -0.15) is 0 Å². The van der Waals surface area contributed by atoms with Gasteiger partial charge in [0.1, 0.15) is 7.05 Å². The Balaban J connectivity index is 1.44. The third-order valence-electron chi connectivity index (χ3n) is 8.69. The number of nitrogens with zero attached hydrogens (tertiary/aromatic N) is 1. The lowest BCUT2D eigenvalue weighted by Gasteiger charge is -2.31. The second kappa shape index (κ2) is 10.5. The van der Waals surface area contributed by atoms with Gasteiger partial charge in [0.2, 0.25) is 0 Å². The number of hydrogen-bond donors (Lipinski definition) is 0. The summed E-state index contributed by atoms with van der Waals surface area (Å²) in [7, 11) is 2.05. The zero-order valence-corrected chi connectivity index (χ0v) is 23.1. The molecular weight excluding hydrogens is 470 g/mol. The van der Waals surface area contributed by atoms with Gasteiger partial charge >= 0.3 is 0 Å². The Bertz CT molecular complexity index is 1570. The van der Waals surface area contributed by atoms with Crippen LogP contribution in [0.5, 0.6) is 0 Å². The molecule has 0 atom stereocenters. The molecule has 0 unspecified atom stereocenters. The summed E-state index contributed by atoms with van der Waals surface area (Å²) in [5, 5.41) is 0. The van der Waals surface area contributed by atoms with Crippen LogP contribution in [0.1, 0.15) is 71.6 Å². The lowest BCUT2D eigenvalue weighted by molar-refractivity contribution is -0.671. The summed E-state index contributed by atoms with van der Waals surface area (Å²) in [5.74, 6) is 0.207. The first-order valence-electron chi connectivity index (χ1n) is 14.2. The molecule has 0 radical (unpaired) electrons. The van der Waals surface area contributed by atoms with Gasteiger partial charge in [-0.1, -0.05) is 123 Å². The summed E-state index contributed by atoms with van der Waals surface area (Å²) in [6.07, 6.45) is 10.8. The van der Waals surface area contributed by atoms with Gasteiger partial charge < -0.3 is 0 Å². The molecule has 0 amide bonds. The van der Waals surface area contributed by atoms with Crippen LogP contribution in [0, 0.1) is 0 Å². The van der Waals surface area contributed by atoms with Crippen LogP contribution in [0.3, 0.4) is 0 Å². The van der Waals surface area contributed by atoms with Gasteiger partial charge in [-0.05, 0) is 62.9 Å². The van der Waals surface area contributed by atoms with Crippen molar-refractivity contribution in [2.75, 3.05) is 0 Å². The van der Waals surface area contributed by atoms with Gasteiger partial charge in [0, 0.05) is 23.5 Å². The van der Waals surface area contributed by atoms with Gasteiger partial charge in [0.25, 0.3) is 0 Å². The molecule has 39 heavy (non-hydrogen) atoms. The molecule has 0 spiro atoms. The number of hydrogen-bond acceptors (Lipinski definition) is 0. The van der Waals surface area contributed by atoms with Crippen molar-refractivity contribution in [2.45, 2.75) is 38.0 Å². The number of fused-ring (bicyclic) bond motifs is 3. The fourth-order valence-corrected chi connectivity index (χ4v) is 6.51. The molecule has 1 aliphatic rings. The van der Waals surface area contributed by atoms with E-state index in [0.717, 1.165) is 12.8 Å². The summed E-state index contributed by atoms with van der Waals surface area (Å²) in [5.41, 5.74) is 12.2. The number of benzene rings is 4. The van der Waals surface area contributed by atoms with Gasteiger partial charge in [0.05, 0.1) is 0 Å². The van der Waals surface area contributed by atoms with Crippen LogP contribution in [0.15, 0.2) is 122 Å². The molecule has 192 valence electrons. The first kappa shape index (κ1) is 25.1. The Labute approximate surface area is 233 Å². The molecule has 1 heterocycles. The minimum atomic E-state index is 0.0168. The zero-order chi connectivity index (χ0) is 26.8. The van der Waals surface area contributed by atoms with Crippen LogP contribution in [0.4, 0.5) is 0 Å². The van der Waals surface area contributed by atoms with E-state index in [0.29, 0.717) is 0 Å². The van der Waals surface area contributed by atoms with E-state index < -0.39 is 0 Å². The average molecular weight is 507 g/mol. The van der Waals surface area contributed by atoms with Crippen LogP contribution in [-0.2, 0) is 12.5 Å². The topological polar surface area (TPSA) is 3.88 Å². The number of aryl methyl sites for hydroxylation is 1. The standard InChI is InChI=1S/C38H36N/c1-4-38(5-2)35-26-29(17-16-28-22-24-39(3)25-23-28)18-20-33(35)34-21-19-32(27-36(34)38)37(30-12-8-6-9-13-30)31-14-10-7-11-15-31/h6-27,37H,4-5H2,1-3H3/q+1. The molecule has 5 aromatic rings. The first-order chi connectivity index (χ1) is 19.1. The Morgan fingerprint density at radius 3 is 1.72 bits per heavy atom. The number of pyridine rings is 1. The summed E-state index contributed by atoms with van der Waals surface area (Å²) in [6.45, 7) is 4.71. The molecule has 1 heteroatoms. The van der Waals surface area contributed by atoms with Crippen LogP contribution >= 0.6 is 0 Å². The molecule has 0 fully saturated rings. The van der Waals surface area contributed by atoms with Crippen molar-refractivity contribution in [3.8, 4) is 11.1 Å². The lowest BCUT2D eigenvalue weighted by Crippen LogP contribution is -2.25. The molecule has 0 saturated carbocycles. The van der Waals surface area contributed by atoms with Gasteiger partial charge in [-0.3, -0.25) is 0 Å². The summed E-state index contributed by atoms with van der Waals surface area (Å²) in [6, 6.07) is 40.5. The van der Waals surface area contributed by atoms with Crippen LogP contribution in [0.2, 0.25) is 0 Å². The van der Waals surface area contributed by atoms with Crippen LogP contribution in [-0.4, -0.2) is 0 Å². The predicted molar refractivity (Wildman–Crippen MR) is 164 cm³/mol. The highest BCUT2D eigenvalue weighted by molar-refractivity contribution is 5.83. The minimum absolute atomic E-state index is 0.0168. The zero-order valence-electron chi connectivity index (χ0n) is 23.1. The van der Waals surface area contributed by atoms with E-state index in [9.17, 15) is 0 Å². The Morgan fingerprint density at radius 1 is 0.590 bits per heavy atom. The van der Waals surface area contributed by atoms with Crippen molar-refractivity contribution < 1.29 is 4.57 Å². The summed E-state index contributed by atoms with van der Waals surface area (Å²) in [4.78, 5) is 0. The molecule has 4 aromatic carbocycles. The van der Waals surface area contributed by atoms with E-state index in [-0.39, 0.29) is 11.3 Å². The minimum Gasteiger partial charge on any atom is -0.208 e. The number of rotatable bonds is 7. The average Bonchev–Trinajstić information content (AvgIpc) is 3.27. The summed E-state index contributed by atoms with van der Waals surface area (Å²) >= 11 is 0. The lowest BCUT2D eigenvalue weighted by atomic mass is 9.72. The van der Waals surface area contributed by atoms with Crippen molar-refractivity contribution in [1.82, 2.24) is 0 Å². The van der Waals surface area contributed by atoms with E-state index in [4.69, 9.17) is 0 Å². The largest absolute Gasteiger partial charge is 0.208 e. The molecule has 0 N–H and O–H groups in total. The Kier molecular flexibility index (Phi) is 6.75. The van der Waals surface area contributed by atoms with E-state index in [1.165, 1.54) is 50.1 Å². The molecule has 0 aliphatic heterocycles. The highest BCUT2D eigenvalue weighted by atomic mass is 14.9. The predicted octanol–water partition coefficient (Wildman–Crippen LogP) is 8.95. The molecular formula is C38H36N+. The fraction of sp³-hybridized carbons (Fsp3) is 0.184. The van der Waals surface area contributed by atoms with Crippen LogP contribution < -0.4 is 4.57 Å². The fourth-order valence-electron chi connectivity index (χ4n) is 6.51. The molecule has 1 nitrogen and oxygen atoms in total. The maximum Gasteiger partial charge on any atom is 0.169 e.